The van der Waals surface area contributed by atoms with E-state index in [0.29, 0.717) is 5.56 Å². The lowest BCUT2D eigenvalue weighted by Crippen LogP contribution is -2.38. The van der Waals surface area contributed by atoms with Crippen LogP contribution in [0, 0.1) is 17.0 Å². The fraction of sp³-hybridized carbons (Fsp3) is 0.333. The van der Waals surface area contributed by atoms with E-state index in [2.05, 4.69) is 10.6 Å². The molecule has 0 aliphatic heterocycles. The van der Waals surface area contributed by atoms with Gasteiger partial charge in [-0.3, -0.25) is 19.7 Å². The number of nitrogens with one attached hydrogen (secondary N) is 2. The number of nitrogens with zero attached hydrogens (tertiary/aromatic N) is 1. The van der Waals surface area contributed by atoms with E-state index in [4.69, 9.17) is 5.11 Å². The molecule has 0 fully saturated rings. The molecular weight excluding hydrogens is 266 g/mol. The Kier molecular flexibility index (Phi) is 5.15. The highest BCUT2D eigenvalue weighted by Gasteiger charge is 2.16. The maximum atomic E-state index is 11.6. The first kappa shape index (κ1) is 15.6. The number of carbonyl (C=O) groups excluding carboxylic acids is 2. The van der Waals surface area contributed by atoms with Crippen molar-refractivity contribution in [3.63, 3.8) is 0 Å². The molecule has 20 heavy (non-hydrogen) atoms. The summed E-state index contributed by atoms with van der Waals surface area (Å²) in [7, 11) is 0. The molecule has 1 atom stereocenters. The number of nitro groups is 1. The quantitative estimate of drug-likeness (QED) is 0.417. The molecule has 8 heteroatoms. The number of aliphatic hydroxyl groups excluding tert-OH is 1. The highest BCUT2D eigenvalue weighted by molar-refractivity contribution is 6.39. The molecule has 0 radical (unpaired) electrons. The van der Waals surface area contributed by atoms with Gasteiger partial charge in [0, 0.05) is 18.7 Å². The maximum Gasteiger partial charge on any atom is 0.313 e. The Morgan fingerprint density at radius 2 is 2.05 bits per heavy atom. The first-order chi connectivity index (χ1) is 9.31. The molecule has 3 N–H and O–H groups in total. The van der Waals surface area contributed by atoms with Gasteiger partial charge in [0.15, 0.2) is 0 Å². The summed E-state index contributed by atoms with van der Waals surface area (Å²) in [5.74, 6) is -1.87. The Morgan fingerprint density at radius 1 is 1.40 bits per heavy atom. The average Bonchev–Trinajstić information content (AvgIpc) is 2.37. The molecule has 0 heterocycles. The molecule has 0 bridgehead atoms. The Hall–Kier alpha value is -2.48. The normalized spacial score (nSPS) is 11.6. The van der Waals surface area contributed by atoms with Crippen LogP contribution in [0.25, 0.3) is 0 Å². The Morgan fingerprint density at radius 3 is 2.60 bits per heavy atom. The van der Waals surface area contributed by atoms with E-state index in [1.54, 1.807) is 6.92 Å². The van der Waals surface area contributed by atoms with E-state index >= 15 is 0 Å². The van der Waals surface area contributed by atoms with Crippen molar-refractivity contribution in [2.24, 2.45) is 0 Å². The number of carbonyl (C=O) groups is 2. The van der Waals surface area contributed by atoms with Crippen LogP contribution in [0.3, 0.4) is 0 Å². The number of anilines is 1. The fourth-order valence-electron chi connectivity index (χ4n) is 1.36. The molecule has 0 spiro atoms. The van der Waals surface area contributed by atoms with E-state index in [1.165, 1.54) is 25.1 Å². The van der Waals surface area contributed by atoms with Crippen LogP contribution >= 0.6 is 0 Å². The van der Waals surface area contributed by atoms with E-state index < -0.39 is 22.8 Å². The molecule has 0 aromatic heterocycles. The number of hydrogen-bond acceptors (Lipinski definition) is 5. The van der Waals surface area contributed by atoms with Gasteiger partial charge in [-0.25, -0.2) is 0 Å². The van der Waals surface area contributed by atoms with Crippen LogP contribution in [0.15, 0.2) is 18.2 Å². The van der Waals surface area contributed by atoms with Crippen molar-refractivity contribution < 1.29 is 19.6 Å². The largest absolute Gasteiger partial charge is 0.392 e. The fourth-order valence-corrected chi connectivity index (χ4v) is 1.36. The number of rotatable bonds is 4. The summed E-state index contributed by atoms with van der Waals surface area (Å²) in [6.45, 7) is 3.05. The minimum absolute atomic E-state index is 0.0554. The van der Waals surface area contributed by atoms with Crippen LogP contribution < -0.4 is 10.6 Å². The molecule has 2 amide bonds. The molecule has 0 saturated carbocycles. The average molecular weight is 281 g/mol. The zero-order chi connectivity index (χ0) is 15.3. The zero-order valence-corrected chi connectivity index (χ0v) is 11.0. The predicted octanol–water partition coefficient (Wildman–Crippen LogP) is 0.339. The van der Waals surface area contributed by atoms with Crippen molar-refractivity contribution in [1.29, 1.82) is 0 Å². The lowest BCUT2D eigenvalue weighted by atomic mass is 10.2. The van der Waals surface area contributed by atoms with Crippen molar-refractivity contribution in [3.8, 4) is 0 Å². The van der Waals surface area contributed by atoms with Gasteiger partial charge in [-0.15, -0.1) is 0 Å². The molecule has 0 saturated heterocycles. The summed E-state index contributed by atoms with van der Waals surface area (Å²) < 4.78 is 0. The van der Waals surface area contributed by atoms with Crippen molar-refractivity contribution in [3.05, 3.63) is 33.9 Å². The molecule has 0 unspecified atom stereocenters. The number of non-ortho nitro benzene ring substituents is 1. The smallest absolute Gasteiger partial charge is 0.313 e. The molecule has 0 aliphatic rings. The molecule has 8 nitrogen and oxygen atoms in total. The van der Waals surface area contributed by atoms with E-state index in [9.17, 15) is 19.7 Å². The maximum absolute atomic E-state index is 11.6. The summed E-state index contributed by atoms with van der Waals surface area (Å²) in [6.07, 6.45) is -0.772. The highest BCUT2D eigenvalue weighted by Crippen LogP contribution is 2.21. The zero-order valence-electron chi connectivity index (χ0n) is 11.0. The number of aryl methyl sites for hydroxylation is 1. The predicted molar refractivity (Wildman–Crippen MR) is 71.2 cm³/mol. The summed E-state index contributed by atoms with van der Waals surface area (Å²) >= 11 is 0. The molecule has 1 aromatic rings. The van der Waals surface area contributed by atoms with Crippen LogP contribution in [0.5, 0.6) is 0 Å². The molecule has 1 rings (SSSR count). The second-order valence-corrected chi connectivity index (χ2v) is 4.27. The Balaban J connectivity index is 2.77. The number of aliphatic hydroxyl groups is 1. The van der Waals surface area contributed by atoms with Crippen LogP contribution in [0.1, 0.15) is 12.5 Å². The molecule has 0 aliphatic carbocycles. The van der Waals surface area contributed by atoms with Crippen molar-refractivity contribution >= 4 is 23.2 Å². The van der Waals surface area contributed by atoms with Crippen molar-refractivity contribution in [2.45, 2.75) is 20.0 Å². The Labute approximate surface area is 114 Å². The highest BCUT2D eigenvalue weighted by atomic mass is 16.6. The number of amides is 2. The third-order valence-corrected chi connectivity index (χ3v) is 2.44. The van der Waals surface area contributed by atoms with E-state index in [-0.39, 0.29) is 17.9 Å². The van der Waals surface area contributed by atoms with Gasteiger partial charge in [-0.05, 0) is 19.4 Å². The third-order valence-electron chi connectivity index (χ3n) is 2.44. The van der Waals surface area contributed by atoms with Crippen molar-refractivity contribution in [1.82, 2.24) is 5.32 Å². The van der Waals surface area contributed by atoms with Crippen LogP contribution in [-0.2, 0) is 9.59 Å². The summed E-state index contributed by atoms with van der Waals surface area (Å²) in [5.41, 5.74) is 0.596. The van der Waals surface area contributed by atoms with Crippen LogP contribution in [0.2, 0.25) is 0 Å². The van der Waals surface area contributed by atoms with Crippen molar-refractivity contribution in [2.75, 3.05) is 11.9 Å². The van der Waals surface area contributed by atoms with Gasteiger partial charge in [-0.2, -0.15) is 0 Å². The molecule has 1 aromatic carbocycles. The van der Waals surface area contributed by atoms with Crippen LogP contribution in [0.4, 0.5) is 11.4 Å². The second kappa shape index (κ2) is 6.62. The van der Waals surface area contributed by atoms with Gasteiger partial charge >= 0.3 is 11.8 Å². The Bertz CT molecular complexity index is 542. The second-order valence-electron chi connectivity index (χ2n) is 4.27. The van der Waals surface area contributed by atoms with E-state index in [1.807, 2.05) is 0 Å². The topological polar surface area (TPSA) is 122 Å². The first-order valence-corrected chi connectivity index (χ1v) is 5.83. The van der Waals surface area contributed by atoms with Gasteiger partial charge in [0.1, 0.15) is 0 Å². The monoisotopic (exact) mass is 281 g/mol. The standard InChI is InChI=1S/C12H15N3O5/c1-7-3-4-9(15(19)20)5-10(7)14-12(18)11(17)13-6-8(2)16/h3-5,8,16H,6H2,1-2H3,(H,13,17)(H,14,18)/t8-/m1/s1. The summed E-state index contributed by atoms with van der Waals surface area (Å²) in [4.78, 5) is 33.1. The van der Waals surface area contributed by atoms with Gasteiger partial charge in [0.25, 0.3) is 5.69 Å². The van der Waals surface area contributed by atoms with Gasteiger partial charge in [0.05, 0.1) is 16.7 Å². The first-order valence-electron chi connectivity index (χ1n) is 5.83. The van der Waals surface area contributed by atoms with E-state index in [0.717, 1.165) is 0 Å². The minimum atomic E-state index is -0.950. The lowest BCUT2D eigenvalue weighted by molar-refractivity contribution is -0.384. The summed E-state index contributed by atoms with van der Waals surface area (Å²) in [5, 5.41) is 24.2. The van der Waals surface area contributed by atoms with Crippen LogP contribution in [-0.4, -0.2) is 34.5 Å². The van der Waals surface area contributed by atoms with Gasteiger partial charge < -0.3 is 15.7 Å². The third kappa shape index (κ3) is 4.32. The molecule has 108 valence electrons. The molecular formula is C12H15N3O5. The number of nitro benzene ring substituents is 1. The van der Waals surface area contributed by atoms with Gasteiger partial charge in [-0.1, -0.05) is 6.07 Å². The number of benzene rings is 1. The van der Waals surface area contributed by atoms with Gasteiger partial charge in [0.2, 0.25) is 0 Å². The number of hydrogen-bond donors (Lipinski definition) is 3. The summed E-state index contributed by atoms with van der Waals surface area (Å²) in [6, 6.07) is 3.95. The lowest BCUT2D eigenvalue weighted by Gasteiger charge is -2.09. The minimum Gasteiger partial charge on any atom is -0.392 e. The SMILES string of the molecule is Cc1ccc([N+](=O)[O-])cc1NC(=O)C(=O)NC[C@@H](C)O.